The molecule has 7 nitrogen and oxygen atoms in total. The highest BCUT2D eigenvalue weighted by Crippen LogP contribution is 2.30. The molecule has 0 aliphatic carbocycles. The third-order valence-electron chi connectivity index (χ3n) is 7.31. The summed E-state index contributed by atoms with van der Waals surface area (Å²) in [5.41, 5.74) is 2.79. The van der Waals surface area contributed by atoms with Gasteiger partial charge in [-0.25, -0.2) is 4.68 Å². The number of hydrogen-bond acceptors (Lipinski definition) is 6. The lowest BCUT2D eigenvalue weighted by Crippen LogP contribution is -2.39. The molecular formula is C26H33ClN6O. The highest BCUT2D eigenvalue weighted by atomic mass is 35.5. The molecule has 4 heterocycles. The van der Waals surface area contributed by atoms with Gasteiger partial charge < -0.3 is 9.80 Å². The van der Waals surface area contributed by atoms with Gasteiger partial charge in [0, 0.05) is 35.8 Å². The van der Waals surface area contributed by atoms with E-state index in [1.54, 1.807) is 6.20 Å². The number of unbranched alkanes of at least 4 members (excludes halogenated alkanes) is 1. The highest BCUT2D eigenvalue weighted by molar-refractivity contribution is 6.30. The Balaban J connectivity index is 1.28. The third-order valence-corrected chi connectivity index (χ3v) is 7.56. The van der Waals surface area contributed by atoms with Gasteiger partial charge >= 0.3 is 0 Å². The van der Waals surface area contributed by atoms with Crippen LogP contribution >= 0.6 is 11.6 Å². The van der Waals surface area contributed by atoms with Crippen LogP contribution in [0.1, 0.15) is 50.6 Å². The minimum absolute atomic E-state index is 0.0667. The summed E-state index contributed by atoms with van der Waals surface area (Å²) in [6.45, 7) is 7.21. The summed E-state index contributed by atoms with van der Waals surface area (Å²) in [7, 11) is 0. The van der Waals surface area contributed by atoms with E-state index in [0.717, 1.165) is 66.9 Å². The number of nitrogens with zero attached hydrogens (tertiary/aromatic N) is 6. The second kappa shape index (κ2) is 10.4. The van der Waals surface area contributed by atoms with Crippen molar-refractivity contribution < 1.29 is 4.79 Å². The zero-order chi connectivity index (χ0) is 23.5. The molecule has 2 aliphatic heterocycles. The normalized spacial score (nSPS) is 19.2. The Labute approximate surface area is 206 Å². The smallest absolute Gasteiger partial charge is 0.179 e. The number of benzene rings is 1. The fourth-order valence-electron chi connectivity index (χ4n) is 5.35. The molecule has 1 unspecified atom stereocenters. The van der Waals surface area contributed by atoms with E-state index in [1.807, 2.05) is 35.9 Å². The number of piperidine rings is 1. The van der Waals surface area contributed by atoms with Gasteiger partial charge in [-0.1, -0.05) is 11.6 Å². The fourth-order valence-corrected chi connectivity index (χ4v) is 5.47. The number of fused-ring (bicyclic) bond motifs is 1. The van der Waals surface area contributed by atoms with E-state index in [1.165, 1.54) is 25.9 Å². The van der Waals surface area contributed by atoms with Gasteiger partial charge in [-0.3, -0.25) is 4.79 Å². The average molecular weight is 481 g/mol. The quantitative estimate of drug-likeness (QED) is 0.430. The van der Waals surface area contributed by atoms with Crippen molar-refractivity contribution in [2.24, 2.45) is 5.92 Å². The van der Waals surface area contributed by atoms with Crippen molar-refractivity contribution >= 4 is 34.1 Å². The van der Waals surface area contributed by atoms with Crippen LogP contribution in [0.3, 0.4) is 0 Å². The van der Waals surface area contributed by atoms with Gasteiger partial charge in [0.25, 0.3) is 0 Å². The topological polar surface area (TPSA) is 67.2 Å². The lowest BCUT2D eigenvalue weighted by atomic mass is 9.91. The van der Waals surface area contributed by atoms with Crippen molar-refractivity contribution in [2.75, 3.05) is 37.6 Å². The van der Waals surface area contributed by atoms with E-state index >= 15 is 0 Å². The number of halogens is 1. The van der Waals surface area contributed by atoms with E-state index in [-0.39, 0.29) is 5.92 Å². The van der Waals surface area contributed by atoms with Gasteiger partial charge in [-0.05, 0) is 89.3 Å². The lowest BCUT2D eigenvalue weighted by molar-refractivity contribution is -0.123. The predicted molar refractivity (Wildman–Crippen MR) is 136 cm³/mol. The molecule has 0 bridgehead atoms. The molecule has 0 amide bonds. The number of carbonyl (C=O) groups excluding carboxylic acids is 1. The average Bonchev–Trinajstić information content (AvgIpc) is 3.50. The zero-order valence-corrected chi connectivity index (χ0v) is 20.7. The van der Waals surface area contributed by atoms with Crippen molar-refractivity contribution in [3.05, 3.63) is 41.2 Å². The molecule has 5 rings (SSSR count). The maximum absolute atomic E-state index is 13.0. The molecule has 0 radical (unpaired) electrons. The van der Waals surface area contributed by atoms with Crippen molar-refractivity contribution in [3.63, 3.8) is 0 Å². The van der Waals surface area contributed by atoms with Crippen LogP contribution in [0.4, 0.5) is 5.82 Å². The van der Waals surface area contributed by atoms with Crippen LogP contribution in [0.2, 0.25) is 5.02 Å². The zero-order valence-electron chi connectivity index (χ0n) is 19.9. The van der Waals surface area contributed by atoms with Gasteiger partial charge in [-0.15, -0.1) is 5.10 Å². The molecule has 3 aromatic rings. The second-order valence-electron chi connectivity index (χ2n) is 9.66. The molecule has 2 aromatic heterocycles. The standard InChI is InChI=1S/C26H33ClN6O/c1-19-23-17-28-29-26(25(23)30-33(19)22-11-9-21(27)10-12-22)32-16-6-7-20(18-32)24(34)8-2-3-13-31-14-4-5-15-31/h9-12,17,20H,2-8,13-16,18H2,1H3. The first-order valence-corrected chi connectivity index (χ1v) is 12.9. The third kappa shape index (κ3) is 4.96. The van der Waals surface area contributed by atoms with E-state index in [4.69, 9.17) is 16.7 Å². The molecule has 8 heteroatoms. The number of rotatable bonds is 8. The number of hydrogen-bond donors (Lipinski definition) is 0. The van der Waals surface area contributed by atoms with Crippen molar-refractivity contribution in [1.82, 2.24) is 24.9 Å². The number of Topliss-reactive ketones (excluding diaryl/α,β-unsaturated/α-hetero) is 1. The molecular weight excluding hydrogens is 448 g/mol. The van der Waals surface area contributed by atoms with Gasteiger partial charge in [0.1, 0.15) is 11.3 Å². The van der Waals surface area contributed by atoms with Crippen LogP contribution in [0, 0.1) is 12.8 Å². The maximum atomic E-state index is 13.0. The lowest BCUT2D eigenvalue weighted by Gasteiger charge is -2.32. The van der Waals surface area contributed by atoms with Crippen LogP contribution in [-0.2, 0) is 4.79 Å². The molecule has 2 fully saturated rings. The van der Waals surface area contributed by atoms with Crippen LogP contribution in [0.15, 0.2) is 30.5 Å². The molecule has 2 saturated heterocycles. The summed E-state index contributed by atoms with van der Waals surface area (Å²) in [6.07, 6.45) is 9.17. The second-order valence-corrected chi connectivity index (χ2v) is 10.1. The minimum atomic E-state index is 0.0667. The highest BCUT2D eigenvalue weighted by Gasteiger charge is 2.28. The molecule has 0 saturated carbocycles. The number of aryl methyl sites for hydroxylation is 1. The summed E-state index contributed by atoms with van der Waals surface area (Å²) >= 11 is 6.07. The summed E-state index contributed by atoms with van der Waals surface area (Å²) < 4.78 is 1.92. The maximum Gasteiger partial charge on any atom is 0.179 e. The first kappa shape index (κ1) is 23.2. The first-order valence-electron chi connectivity index (χ1n) is 12.6. The Morgan fingerprint density at radius 3 is 2.68 bits per heavy atom. The van der Waals surface area contributed by atoms with Gasteiger partial charge in [0.2, 0.25) is 0 Å². The summed E-state index contributed by atoms with van der Waals surface area (Å²) in [5, 5.41) is 15.3. The number of carbonyl (C=O) groups is 1. The van der Waals surface area contributed by atoms with E-state index in [9.17, 15) is 4.79 Å². The Morgan fingerprint density at radius 2 is 1.88 bits per heavy atom. The number of aromatic nitrogens is 4. The van der Waals surface area contributed by atoms with Crippen LogP contribution < -0.4 is 4.90 Å². The van der Waals surface area contributed by atoms with Crippen molar-refractivity contribution in [3.8, 4) is 5.69 Å². The van der Waals surface area contributed by atoms with Gasteiger partial charge in [0.05, 0.1) is 17.6 Å². The van der Waals surface area contributed by atoms with Gasteiger partial charge in [0.15, 0.2) is 5.82 Å². The Kier molecular flexibility index (Phi) is 7.11. The summed E-state index contributed by atoms with van der Waals surface area (Å²) in [6, 6.07) is 7.65. The van der Waals surface area contributed by atoms with Gasteiger partial charge in [-0.2, -0.15) is 10.2 Å². The first-order chi connectivity index (χ1) is 16.6. The molecule has 0 N–H and O–H groups in total. The van der Waals surface area contributed by atoms with E-state index in [2.05, 4.69) is 20.0 Å². The van der Waals surface area contributed by atoms with Crippen LogP contribution in [0.25, 0.3) is 16.6 Å². The molecule has 1 atom stereocenters. The summed E-state index contributed by atoms with van der Waals surface area (Å²) in [4.78, 5) is 17.7. The minimum Gasteiger partial charge on any atom is -0.353 e. The molecule has 2 aliphatic rings. The van der Waals surface area contributed by atoms with E-state index < -0.39 is 0 Å². The number of likely N-dealkylation sites (tertiary alicyclic amines) is 1. The molecule has 1 aromatic carbocycles. The number of anilines is 1. The Bertz CT molecular complexity index is 1140. The van der Waals surface area contributed by atoms with Crippen molar-refractivity contribution in [1.29, 1.82) is 0 Å². The largest absolute Gasteiger partial charge is 0.353 e. The summed E-state index contributed by atoms with van der Waals surface area (Å²) in [5.74, 6) is 1.24. The fraction of sp³-hybridized carbons (Fsp3) is 0.538. The SMILES string of the molecule is Cc1c2cnnc(N3CCCC(C(=O)CCCCN4CCCC4)C3)c2nn1-c1ccc(Cl)cc1. The predicted octanol–water partition coefficient (Wildman–Crippen LogP) is 4.83. The molecule has 34 heavy (non-hydrogen) atoms. The van der Waals surface area contributed by atoms with Crippen LogP contribution in [-0.4, -0.2) is 63.4 Å². The molecule has 180 valence electrons. The molecule has 0 spiro atoms. The Hall–Kier alpha value is -2.51. The van der Waals surface area contributed by atoms with Crippen LogP contribution in [0.5, 0.6) is 0 Å². The monoisotopic (exact) mass is 480 g/mol. The van der Waals surface area contributed by atoms with E-state index in [0.29, 0.717) is 23.8 Å². The number of ketones is 1. The Morgan fingerprint density at radius 1 is 1.09 bits per heavy atom. The van der Waals surface area contributed by atoms with Crippen molar-refractivity contribution in [2.45, 2.75) is 51.9 Å².